The molecule has 3 amide bonds. The number of rotatable bonds is 9. The van der Waals surface area contributed by atoms with Crippen molar-refractivity contribution in [1.29, 1.82) is 0 Å². The van der Waals surface area contributed by atoms with Gasteiger partial charge in [0.2, 0.25) is 17.7 Å². The predicted molar refractivity (Wildman–Crippen MR) is 283 cm³/mol. The predicted octanol–water partition coefficient (Wildman–Crippen LogP) is 8.62. The van der Waals surface area contributed by atoms with E-state index in [4.69, 9.17) is 5.73 Å². The van der Waals surface area contributed by atoms with Gasteiger partial charge in [0.05, 0.1) is 41.4 Å². The summed E-state index contributed by atoms with van der Waals surface area (Å²) in [7, 11) is 0. The molecule has 390 valence electrons. The SMILES string of the molecule is CC1(C)C(=O)Nc2nc(-c3ccn(Cc4ccccc4F)n3)nc(Br)c21.CC1(C)C(=O)Nc2nc(-c3ccn(Cc4ccccc4F)n3)nc(N)c21.CC1(C)C(=O)Nc2nc(-c3ccn(Cc4ccccc4F)n3)ncc21. The molecule has 23 heteroatoms. The van der Waals surface area contributed by atoms with Gasteiger partial charge in [0.25, 0.3) is 0 Å². The third-order valence-electron chi connectivity index (χ3n) is 13.4. The molecular weight excluding hydrogens is 1060 g/mol. The van der Waals surface area contributed by atoms with Gasteiger partial charge in [0, 0.05) is 52.6 Å². The van der Waals surface area contributed by atoms with Crippen molar-refractivity contribution in [3.63, 3.8) is 0 Å². The molecule has 12 rings (SSSR count). The van der Waals surface area contributed by atoms with Crippen LogP contribution in [0.25, 0.3) is 34.6 Å². The van der Waals surface area contributed by atoms with Crippen molar-refractivity contribution in [2.75, 3.05) is 21.7 Å². The van der Waals surface area contributed by atoms with E-state index in [1.54, 1.807) is 125 Å². The van der Waals surface area contributed by atoms with Crippen molar-refractivity contribution in [2.45, 2.75) is 77.4 Å². The lowest BCUT2D eigenvalue weighted by Crippen LogP contribution is -2.27. The van der Waals surface area contributed by atoms with Crippen molar-refractivity contribution >= 4 is 56.9 Å². The summed E-state index contributed by atoms with van der Waals surface area (Å²) in [6.07, 6.45) is 6.87. The van der Waals surface area contributed by atoms with Crippen molar-refractivity contribution in [2.24, 2.45) is 0 Å². The maximum absolute atomic E-state index is 13.8. The first-order chi connectivity index (χ1) is 36.7. The second kappa shape index (κ2) is 19.9. The Balaban J connectivity index is 0.000000131. The minimum Gasteiger partial charge on any atom is -0.383 e. The van der Waals surface area contributed by atoms with Gasteiger partial charge in [-0.05, 0) is 93.9 Å². The van der Waals surface area contributed by atoms with Crippen LogP contribution in [-0.2, 0) is 50.3 Å². The van der Waals surface area contributed by atoms with E-state index in [-0.39, 0.29) is 47.5 Å². The van der Waals surface area contributed by atoms with Crippen LogP contribution < -0.4 is 21.7 Å². The highest BCUT2D eigenvalue weighted by molar-refractivity contribution is 9.10. The number of amides is 3. The molecular formula is C54H48BrF3N16O3. The number of halogens is 4. The van der Waals surface area contributed by atoms with E-state index in [0.717, 1.165) is 11.1 Å². The molecule has 3 aromatic carbocycles. The zero-order valence-electron chi connectivity index (χ0n) is 42.3. The summed E-state index contributed by atoms with van der Waals surface area (Å²) >= 11 is 3.44. The van der Waals surface area contributed by atoms with Gasteiger partial charge >= 0.3 is 0 Å². The van der Waals surface area contributed by atoms with Crippen LogP contribution in [0.2, 0.25) is 0 Å². The maximum Gasteiger partial charge on any atom is 0.235 e. The number of hydrogen-bond acceptors (Lipinski definition) is 13. The lowest BCUT2D eigenvalue weighted by atomic mass is 9.87. The number of fused-ring (bicyclic) bond motifs is 3. The number of nitrogens with two attached hydrogens (primary N) is 1. The first-order valence-corrected chi connectivity index (χ1v) is 24.9. The normalized spacial score (nSPS) is 15.0. The highest BCUT2D eigenvalue weighted by Gasteiger charge is 2.44. The smallest absolute Gasteiger partial charge is 0.235 e. The highest BCUT2D eigenvalue weighted by atomic mass is 79.9. The largest absolute Gasteiger partial charge is 0.383 e. The molecule has 0 spiro atoms. The Morgan fingerprint density at radius 1 is 0.494 bits per heavy atom. The third-order valence-corrected chi connectivity index (χ3v) is 14.0. The standard InChI is InChI=1S/C18H15BrFN5O.C18H17FN6O.C18H16FN5O/c1-18(2)13-14(19)21-15(22-16(13)23-17(18)26)12-7-8-25(24-12)9-10-5-3-4-6-11(10)20;1-18(2)13-14(20)21-15(22-16(13)23-17(18)26)12-7-8-25(24-12)9-10-5-3-4-6-11(10)19;1-18(2)12-9-20-16(21-15(12)22-17(18)25)14-7-8-24(23-14)10-11-5-3-4-6-13(11)19/h3-8H,9H2,1-2H3,(H,21,22,23,26);3-8H,9H2,1-2H3,(H3,20,21,22,23,26);3-9H,10H2,1-2H3,(H,20,21,22,25). The monoisotopic (exact) mass is 1100 g/mol. The number of carbonyl (C=O) groups excluding carboxylic acids is 3. The number of hydrogen-bond donors (Lipinski definition) is 4. The van der Waals surface area contributed by atoms with E-state index in [0.29, 0.717) is 92.0 Å². The van der Waals surface area contributed by atoms with E-state index in [1.807, 2.05) is 27.7 Å². The number of anilines is 4. The van der Waals surface area contributed by atoms with Crippen LogP contribution in [0.1, 0.15) is 74.9 Å². The summed E-state index contributed by atoms with van der Waals surface area (Å²) in [5, 5.41) is 21.5. The van der Waals surface area contributed by atoms with E-state index in [9.17, 15) is 27.6 Å². The lowest BCUT2D eigenvalue weighted by Gasteiger charge is -2.15. The molecule has 0 bridgehead atoms. The van der Waals surface area contributed by atoms with Gasteiger partial charge in [-0.15, -0.1) is 0 Å². The Kier molecular flexibility index (Phi) is 13.3. The number of carbonyl (C=O) groups is 3. The second-order valence-corrected chi connectivity index (χ2v) is 20.6. The first-order valence-electron chi connectivity index (χ1n) is 24.1. The summed E-state index contributed by atoms with van der Waals surface area (Å²) in [5.41, 5.74) is 9.30. The first kappa shape index (κ1) is 51.5. The van der Waals surface area contributed by atoms with E-state index in [1.165, 1.54) is 18.2 Å². The molecule has 0 radical (unpaired) electrons. The van der Waals surface area contributed by atoms with Crippen molar-refractivity contribution in [3.8, 4) is 34.6 Å². The van der Waals surface area contributed by atoms with Crippen LogP contribution in [0.5, 0.6) is 0 Å². The van der Waals surface area contributed by atoms with E-state index in [2.05, 4.69) is 77.1 Å². The number of aromatic nitrogens is 12. The van der Waals surface area contributed by atoms with Crippen LogP contribution in [0.15, 0.2) is 120 Å². The van der Waals surface area contributed by atoms with Gasteiger partial charge < -0.3 is 21.7 Å². The van der Waals surface area contributed by atoms with Crippen LogP contribution in [0, 0.1) is 17.5 Å². The number of nitrogens with zero attached hydrogens (tertiary/aromatic N) is 12. The fourth-order valence-electron chi connectivity index (χ4n) is 8.80. The molecule has 77 heavy (non-hydrogen) atoms. The zero-order valence-corrected chi connectivity index (χ0v) is 43.9. The van der Waals surface area contributed by atoms with E-state index < -0.39 is 16.2 Å². The zero-order chi connectivity index (χ0) is 54.6. The Morgan fingerprint density at radius 2 is 0.870 bits per heavy atom. The quantitative estimate of drug-likeness (QED) is 0.0991. The molecule has 5 N–H and O–H groups in total. The molecule has 19 nitrogen and oxygen atoms in total. The fourth-order valence-corrected chi connectivity index (χ4v) is 9.65. The molecule has 0 saturated carbocycles. The summed E-state index contributed by atoms with van der Waals surface area (Å²) in [6, 6.07) is 25.0. The third kappa shape index (κ3) is 10.0. The lowest BCUT2D eigenvalue weighted by molar-refractivity contribution is -0.120. The molecule has 0 unspecified atom stereocenters. The molecule has 0 saturated heterocycles. The van der Waals surface area contributed by atoms with Gasteiger partial charge in [0.15, 0.2) is 17.5 Å². The molecule has 3 aliphatic heterocycles. The van der Waals surface area contributed by atoms with Gasteiger partial charge in [-0.25, -0.2) is 43.1 Å². The minimum absolute atomic E-state index is 0.0981. The minimum atomic E-state index is -0.776. The topological polar surface area (TPSA) is 244 Å². The van der Waals surface area contributed by atoms with Gasteiger partial charge in [-0.2, -0.15) is 15.3 Å². The summed E-state index contributed by atoms with van der Waals surface area (Å²) in [4.78, 5) is 62.6. The summed E-state index contributed by atoms with van der Waals surface area (Å²) in [6.45, 7) is 11.8. The average molecular weight is 1110 g/mol. The molecule has 0 aliphatic carbocycles. The van der Waals surface area contributed by atoms with Crippen molar-refractivity contribution in [1.82, 2.24) is 59.2 Å². The molecule has 0 fully saturated rings. The molecule has 9 heterocycles. The van der Waals surface area contributed by atoms with Crippen LogP contribution >= 0.6 is 15.9 Å². The van der Waals surface area contributed by atoms with Gasteiger partial charge in [-0.3, -0.25) is 28.4 Å². The molecule has 9 aromatic rings. The number of nitrogen functional groups attached to an aromatic ring is 1. The Labute approximate surface area is 446 Å². The molecule has 3 aliphatic rings. The Morgan fingerprint density at radius 3 is 1.34 bits per heavy atom. The molecule has 6 aromatic heterocycles. The average Bonchev–Trinajstić information content (AvgIpc) is 4.27. The van der Waals surface area contributed by atoms with Gasteiger partial charge in [-0.1, -0.05) is 54.6 Å². The summed E-state index contributed by atoms with van der Waals surface area (Å²) < 4.78 is 46.8. The van der Waals surface area contributed by atoms with E-state index >= 15 is 0 Å². The fraction of sp³-hybridized carbons (Fsp3) is 0.222. The van der Waals surface area contributed by atoms with Gasteiger partial charge in [0.1, 0.15) is 62.4 Å². The number of benzene rings is 3. The van der Waals surface area contributed by atoms with Crippen LogP contribution in [-0.4, -0.2) is 77.0 Å². The Bertz CT molecular complexity index is 3650. The number of nitrogens with one attached hydrogen (secondary N) is 3. The highest BCUT2D eigenvalue weighted by Crippen LogP contribution is 2.42. The van der Waals surface area contributed by atoms with Crippen LogP contribution in [0.3, 0.4) is 0 Å². The van der Waals surface area contributed by atoms with Crippen molar-refractivity contribution < 1.29 is 27.6 Å². The Hall–Kier alpha value is -8.99. The molecule has 0 atom stereocenters. The van der Waals surface area contributed by atoms with Crippen molar-refractivity contribution in [3.05, 3.63) is 171 Å². The van der Waals surface area contributed by atoms with Crippen LogP contribution in [0.4, 0.5) is 36.4 Å². The summed E-state index contributed by atoms with van der Waals surface area (Å²) in [5.74, 6) is 1.57. The second-order valence-electron chi connectivity index (χ2n) is 19.9. The maximum atomic E-state index is 13.8.